The predicted molar refractivity (Wildman–Crippen MR) is 109 cm³/mol. The number of rotatable bonds is 7. The Morgan fingerprint density at radius 3 is 2.48 bits per heavy atom. The maximum Gasteiger partial charge on any atom is 0.279 e. The highest BCUT2D eigenvalue weighted by Crippen LogP contribution is 2.14. The van der Waals surface area contributed by atoms with E-state index in [4.69, 9.17) is 0 Å². The summed E-state index contributed by atoms with van der Waals surface area (Å²) in [5.74, 6) is -0.352. The van der Waals surface area contributed by atoms with Gasteiger partial charge in [-0.15, -0.1) is 11.3 Å². The zero-order valence-corrected chi connectivity index (χ0v) is 17.5. The van der Waals surface area contributed by atoms with Gasteiger partial charge in [0.05, 0.1) is 0 Å². The molecule has 2 rings (SSSR count). The maximum atomic E-state index is 12.6. The first-order chi connectivity index (χ1) is 12.8. The fraction of sp³-hybridized carbons (Fsp3) is 0.450. The first kappa shape index (κ1) is 21.1. The third-order valence-electron chi connectivity index (χ3n) is 4.17. The van der Waals surface area contributed by atoms with Crippen molar-refractivity contribution >= 4 is 23.2 Å². The lowest BCUT2D eigenvalue weighted by molar-refractivity contribution is -0.124. The third kappa shape index (κ3) is 5.87. The smallest absolute Gasteiger partial charge is 0.279 e. The van der Waals surface area contributed by atoms with Crippen LogP contribution in [-0.2, 0) is 4.79 Å². The van der Waals surface area contributed by atoms with Gasteiger partial charge in [-0.1, -0.05) is 24.6 Å². The molecule has 1 atom stereocenters. The quantitative estimate of drug-likeness (QED) is 0.793. The van der Waals surface area contributed by atoms with Crippen molar-refractivity contribution in [3.8, 4) is 0 Å². The van der Waals surface area contributed by atoms with Crippen molar-refractivity contribution in [3.63, 3.8) is 0 Å². The van der Waals surface area contributed by atoms with Crippen molar-refractivity contribution in [3.05, 3.63) is 51.3 Å². The number of benzene rings is 1. The van der Waals surface area contributed by atoms with Crippen molar-refractivity contribution in [1.82, 2.24) is 14.8 Å². The molecular formula is C20H28N4O2S. The zero-order valence-electron chi connectivity index (χ0n) is 16.7. The van der Waals surface area contributed by atoms with Crippen LogP contribution < -0.4 is 10.1 Å². The van der Waals surface area contributed by atoms with Crippen LogP contribution >= 0.6 is 11.3 Å². The van der Waals surface area contributed by atoms with Gasteiger partial charge in [0, 0.05) is 29.7 Å². The molecule has 0 aliphatic carbocycles. The highest BCUT2D eigenvalue weighted by Gasteiger charge is 2.20. The summed E-state index contributed by atoms with van der Waals surface area (Å²) in [6.07, 6.45) is 2.52. The molecule has 0 bridgehead atoms. The number of aromatic nitrogens is 1. The number of hydrogen-bond acceptors (Lipinski definition) is 4. The van der Waals surface area contributed by atoms with Crippen LogP contribution in [0.1, 0.15) is 40.2 Å². The normalized spacial score (nSPS) is 13.0. The van der Waals surface area contributed by atoms with Gasteiger partial charge in [-0.25, -0.2) is 0 Å². The Labute approximate surface area is 164 Å². The number of carbonyl (C=O) groups is 2. The Morgan fingerprint density at radius 1 is 1.22 bits per heavy atom. The van der Waals surface area contributed by atoms with Crippen molar-refractivity contribution < 1.29 is 9.59 Å². The molecule has 0 radical (unpaired) electrons. The average Bonchev–Trinajstić information content (AvgIpc) is 2.95. The molecule has 2 aromatic rings. The minimum Gasteiger partial charge on any atom is -0.353 e. The lowest BCUT2D eigenvalue weighted by atomic mass is 10.1. The first-order valence-electron chi connectivity index (χ1n) is 9.08. The molecule has 1 aromatic heterocycles. The van der Waals surface area contributed by atoms with Gasteiger partial charge < -0.3 is 14.8 Å². The Kier molecular flexibility index (Phi) is 7.50. The van der Waals surface area contributed by atoms with E-state index in [-0.39, 0.29) is 17.9 Å². The van der Waals surface area contributed by atoms with Crippen LogP contribution in [0.25, 0.3) is 0 Å². The molecule has 0 saturated carbocycles. The second-order valence-electron chi connectivity index (χ2n) is 6.83. The minimum absolute atomic E-state index is 0.0543. The van der Waals surface area contributed by atoms with E-state index in [0.29, 0.717) is 23.3 Å². The molecule has 1 heterocycles. The summed E-state index contributed by atoms with van der Waals surface area (Å²) >= 11 is 1.42. The number of aryl methyl sites for hydroxylation is 2. The van der Waals surface area contributed by atoms with Crippen LogP contribution in [0, 0.1) is 13.8 Å². The summed E-state index contributed by atoms with van der Waals surface area (Å²) in [5.41, 5.74) is 1.63. The van der Waals surface area contributed by atoms with Crippen LogP contribution in [-0.4, -0.2) is 48.5 Å². The average molecular weight is 389 g/mol. The second kappa shape index (κ2) is 9.62. The van der Waals surface area contributed by atoms with E-state index in [1.54, 1.807) is 12.1 Å². The van der Waals surface area contributed by atoms with Gasteiger partial charge in [0.2, 0.25) is 5.91 Å². The van der Waals surface area contributed by atoms with E-state index in [1.165, 1.54) is 11.3 Å². The van der Waals surface area contributed by atoms with Gasteiger partial charge in [0.1, 0.15) is 6.04 Å². The number of nitrogens with zero attached hydrogens (tertiary/aromatic N) is 3. The van der Waals surface area contributed by atoms with Gasteiger partial charge in [-0.05, 0) is 46.5 Å². The van der Waals surface area contributed by atoms with Crippen LogP contribution in [0.4, 0.5) is 0 Å². The molecule has 7 heteroatoms. The number of likely N-dealkylation sites (N-methyl/N-ethyl adjacent to an activating group) is 1. The van der Waals surface area contributed by atoms with E-state index >= 15 is 0 Å². The summed E-state index contributed by atoms with van der Waals surface area (Å²) in [5, 5.41) is 2.97. The van der Waals surface area contributed by atoms with Gasteiger partial charge >= 0.3 is 0 Å². The Morgan fingerprint density at radius 2 is 1.89 bits per heavy atom. The van der Waals surface area contributed by atoms with Gasteiger partial charge in [-0.3, -0.25) is 9.59 Å². The van der Waals surface area contributed by atoms with E-state index in [1.807, 2.05) is 62.7 Å². The molecule has 27 heavy (non-hydrogen) atoms. The molecule has 0 fully saturated rings. The standard InChI is InChI=1S/C20H28N4O2S/c1-6-17(19(26)21-11-12-23(4)5)24-13-15(3)27-20(24)22-18(25)16-9-7-14(2)8-10-16/h7-10,13,17H,6,11-12H2,1-5H3,(H,21,26). The van der Waals surface area contributed by atoms with Gasteiger partial charge in [0.25, 0.3) is 5.91 Å². The molecule has 0 aliphatic rings. The lowest BCUT2D eigenvalue weighted by Crippen LogP contribution is -2.38. The van der Waals surface area contributed by atoms with E-state index < -0.39 is 0 Å². The Balaban J connectivity index is 2.28. The summed E-state index contributed by atoms with van der Waals surface area (Å²) in [4.78, 5) is 33.0. The number of hydrogen-bond donors (Lipinski definition) is 1. The van der Waals surface area contributed by atoms with Crippen LogP contribution in [0.3, 0.4) is 0 Å². The molecular weight excluding hydrogens is 360 g/mol. The summed E-state index contributed by atoms with van der Waals surface area (Å²) < 4.78 is 1.82. The lowest BCUT2D eigenvalue weighted by Gasteiger charge is -2.18. The van der Waals surface area contributed by atoms with Crippen LogP contribution in [0.5, 0.6) is 0 Å². The molecule has 0 aliphatic heterocycles. The second-order valence-corrected chi connectivity index (χ2v) is 8.05. The molecule has 1 aromatic carbocycles. The van der Waals surface area contributed by atoms with Gasteiger partial charge in [-0.2, -0.15) is 4.99 Å². The van der Waals surface area contributed by atoms with Gasteiger partial charge in [0.15, 0.2) is 4.80 Å². The largest absolute Gasteiger partial charge is 0.353 e. The fourth-order valence-corrected chi connectivity index (χ4v) is 3.52. The summed E-state index contributed by atoms with van der Waals surface area (Å²) in [7, 11) is 3.93. The number of amides is 2. The third-order valence-corrected chi connectivity index (χ3v) is 5.09. The topological polar surface area (TPSA) is 66.7 Å². The van der Waals surface area contributed by atoms with Crippen LogP contribution in [0.2, 0.25) is 0 Å². The zero-order chi connectivity index (χ0) is 20.0. The maximum absolute atomic E-state index is 12.6. The van der Waals surface area contributed by atoms with E-state index in [0.717, 1.165) is 17.0 Å². The number of nitrogens with one attached hydrogen (secondary N) is 1. The van der Waals surface area contributed by atoms with Crippen molar-refractivity contribution in [2.24, 2.45) is 4.99 Å². The molecule has 6 nitrogen and oxygen atoms in total. The van der Waals surface area contributed by atoms with E-state index in [2.05, 4.69) is 10.3 Å². The monoisotopic (exact) mass is 388 g/mol. The molecule has 0 saturated heterocycles. The molecule has 1 unspecified atom stereocenters. The summed E-state index contributed by atoms with van der Waals surface area (Å²) in [6, 6.07) is 6.95. The number of carbonyl (C=O) groups excluding carboxylic acids is 2. The summed E-state index contributed by atoms with van der Waals surface area (Å²) in [6.45, 7) is 7.25. The Hall–Kier alpha value is -2.25. The molecule has 146 valence electrons. The van der Waals surface area contributed by atoms with E-state index in [9.17, 15) is 9.59 Å². The molecule has 0 spiro atoms. The molecule has 2 amide bonds. The number of thiazole rings is 1. The van der Waals surface area contributed by atoms with Crippen LogP contribution in [0.15, 0.2) is 35.5 Å². The SMILES string of the molecule is CCC(C(=O)NCCN(C)C)n1cc(C)sc1=NC(=O)c1ccc(C)cc1. The Bertz CT molecular complexity index is 850. The minimum atomic E-state index is -0.387. The fourth-order valence-electron chi connectivity index (χ4n) is 2.65. The predicted octanol–water partition coefficient (Wildman–Crippen LogP) is 2.54. The highest BCUT2D eigenvalue weighted by atomic mass is 32.1. The van der Waals surface area contributed by atoms with Crippen molar-refractivity contribution in [2.45, 2.75) is 33.2 Å². The van der Waals surface area contributed by atoms with Crippen molar-refractivity contribution in [1.29, 1.82) is 0 Å². The highest BCUT2D eigenvalue weighted by molar-refractivity contribution is 7.09. The first-order valence-corrected chi connectivity index (χ1v) is 9.90. The molecule has 1 N–H and O–H groups in total. The van der Waals surface area contributed by atoms with Crippen molar-refractivity contribution in [2.75, 3.05) is 27.2 Å².